The lowest BCUT2D eigenvalue weighted by molar-refractivity contribution is 0.0927. The molecule has 1 fully saturated rings. The topological polar surface area (TPSA) is 46.9 Å². The van der Waals surface area contributed by atoms with Crippen LogP contribution < -0.4 is 5.32 Å². The molecular formula is C18H21ClFN3O. The Kier molecular flexibility index (Phi) is 5.19. The molecule has 1 saturated carbocycles. The van der Waals surface area contributed by atoms with Crippen LogP contribution in [0.5, 0.6) is 0 Å². The molecule has 2 aromatic rings. The lowest BCUT2D eigenvalue weighted by atomic mass is 9.95. The van der Waals surface area contributed by atoms with Crippen molar-refractivity contribution in [3.8, 4) is 0 Å². The fraction of sp³-hybridized carbons (Fsp3) is 0.444. The zero-order chi connectivity index (χ0) is 17.1. The van der Waals surface area contributed by atoms with E-state index in [1.165, 1.54) is 18.6 Å². The maximum atomic E-state index is 13.0. The number of nitrogens with zero attached hydrogens (tertiary/aromatic N) is 2. The molecule has 1 amide bonds. The van der Waals surface area contributed by atoms with Crippen LogP contribution in [0.1, 0.15) is 53.7 Å². The van der Waals surface area contributed by atoms with E-state index in [9.17, 15) is 9.18 Å². The van der Waals surface area contributed by atoms with Crippen molar-refractivity contribution in [1.29, 1.82) is 0 Å². The Morgan fingerprint density at radius 2 is 1.96 bits per heavy atom. The van der Waals surface area contributed by atoms with E-state index in [4.69, 9.17) is 11.6 Å². The van der Waals surface area contributed by atoms with E-state index in [-0.39, 0.29) is 17.8 Å². The summed E-state index contributed by atoms with van der Waals surface area (Å²) in [6, 6.07) is 6.39. The van der Waals surface area contributed by atoms with Crippen molar-refractivity contribution in [3.63, 3.8) is 0 Å². The van der Waals surface area contributed by atoms with Gasteiger partial charge in [0.25, 0.3) is 5.91 Å². The molecule has 0 saturated heterocycles. The Hall–Kier alpha value is -1.88. The van der Waals surface area contributed by atoms with E-state index in [1.54, 1.807) is 23.7 Å². The molecule has 1 N–H and O–H groups in total. The molecule has 3 rings (SSSR count). The van der Waals surface area contributed by atoms with Crippen LogP contribution in [0, 0.1) is 12.7 Å². The fourth-order valence-electron chi connectivity index (χ4n) is 3.18. The monoisotopic (exact) mass is 349 g/mol. The van der Waals surface area contributed by atoms with Gasteiger partial charge in [-0.1, -0.05) is 43.0 Å². The Morgan fingerprint density at radius 3 is 2.62 bits per heavy atom. The van der Waals surface area contributed by atoms with Crippen molar-refractivity contribution in [1.82, 2.24) is 15.1 Å². The smallest absolute Gasteiger partial charge is 0.256 e. The highest BCUT2D eigenvalue weighted by molar-refractivity contribution is 6.33. The van der Waals surface area contributed by atoms with Crippen molar-refractivity contribution >= 4 is 17.5 Å². The van der Waals surface area contributed by atoms with Crippen LogP contribution in [0.3, 0.4) is 0 Å². The first kappa shape index (κ1) is 17.0. The number of carbonyl (C=O) groups excluding carboxylic acids is 1. The molecule has 1 heterocycles. The molecule has 1 aromatic carbocycles. The van der Waals surface area contributed by atoms with Crippen LogP contribution >= 0.6 is 11.6 Å². The van der Waals surface area contributed by atoms with Crippen LogP contribution in [0.2, 0.25) is 5.15 Å². The maximum Gasteiger partial charge on any atom is 0.256 e. The molecule has 24 heavy (non-hydrogen) atoms. The number of hydrogen-bond donors (Lipinski definition) is 1. The summed E-state index contributed by atoms with van der Waals surface area (Å²) in [5.74, 6) is -0.441. The van der Waals surface area contributed by atoms with Gasteiger partial charge in [0.1, 0.15) is 11.0 Å². The molecule has 6 heteroatoms. The van der Waals surface area contributed by atoms with Gasteiger partial charge in [-0.25, -0.2) is 9.07 Å². The predicted octanol–water partition coefficient (Wildman–Crippen LogP) is 4.09. The predicted molar refractivity (Wildman–Crippen MR) is 91.8 cm³/mol. The Bertz CT molecular complexity index is 721. The number of halogens is 2. The summed E-state index contributed by atoms with van der Waals surface area (Å²) in [7, 11) is 0. The van der Waals surface area contributed by atoms with Crippen LogP contribution in [-0.4, -0.2) is 21.7 Å². The molecule has 0 unspecified atom stereocenters. The van der Waals surface area contributed by atoms with Crippen molar-refractivity contribution in [2.75, 3.05) is 0 Å². The van der Waals surface area contributed by atoms with Crippen molar-refractivity contribution in [2.45, 2.75) is 51.6 Å². The van der Waals surface area contributed by atoms with Gasteiger partial charge in [0.2, 0.25) is 0 Å². The van der Waals surface area contributed by atoms with Crippen LogP contribution in [0.25, 0.3) is 0 Å². The highest BCUT2D eigenvalue weighted by Gasteiger charge is 2.23. The van der Waals surface area contributed by atoms with E-state index < -0.39 is 0 Å². The average Bonchev–Trinajstić information content (AvgIpc) is 2.84. The van der Waals surface area contributed by atoms with E-state index >= 15 is 0 Å². The molecule has 4 nitrogen and oxygen atoms in total. The van der Waals surface area contributed by atoms with Crippen LogP contribution in [-0.2, 0) is 6.54 Å². The largest absolute Gasteiger partial charge is 0.349 e. The fourth-order valence-corrected chi connectivity index (χ4v) is 3.50. The lowest BCUT2D eigenvalue weighted by Gasteiger charge is -2.22. The molecule has 0 radical (unpaired) electrons. The molecule has 0 atom stereocenters. The first-order chi connectivity index (χ1) is 11.5. The minimum absolute atomic E-state index is 0.158. The zero-order valence-corrected chi connectivity index (χ0v) is 14.4. The van der Waals surface area contributed by atoms with Gasteiger partial charge in [-0.3, -0.25) is 4.79 Å². The van der Waals surface area contributed by atoms with Crippen molar-refractivity contribution in [2.24, 2.45) is 0 Å². The maximum absolute atomic E-state index is 13.0. The molecule has 1 aliphatic rings. The van der Waals surface area contributed by atoms with Crippen molar-refractivity contribution < 1.29 is 9.18 Å². The number of hydrogen-bond acceptors (Lipinski definition) is 2. The van der Waals surface area contributed by atoms with Crippen LogP contribution in [0.4, 0.5) is 4.39 Å². The van der Waals surface area contributed by atoms with Gasteiger partial charge in [-0.2, -0.15) is 5.10 Å². The second-order valence-electron chi connectivity index (χ2n) is 6.34. The lowest BCUT2D eigenvalue weighted by Crippen LogP contribution is -2.36. The number of aryl methyl sites for hydroxylation is 1. The Morgan fingerprint density at radius 1 is 1.29 bits per heavy atom. The summed E-state index contributed by atoms with van der Waals surface area (Å²) >= 11 is 6.39. The average molecular weight is 350 g/mol. The quantitative estimate of drug-likeness (QED) is 0.903. The summed E-state index contributed by atoms with van der Waals surface area (Å²) in [4.78, 5) is 12.6. The van der Waals surface area contributed by atoms with E-state index in [0.717, 1.165) is 31.2 Å². The third-order valence-corrected chi connectivity index (χ3v) is 4.86. The molecule has 0 spiro atoms. The second-order valence-corrected chi connectivity index (χ2v) is 6.70. The number of carbonyl (C=O) groups is 1. The first-order valence-corrected chi connectivity index (χ1v) is 8.70. The highest BCUT2D eigenvalue weighted by Crippen LogP contribution is 2.23. The van der Waals surface area contributed by atoms with Gasteiger partial charge >= 0.3 is 0 Å². The molecule has 0 aliphatic heterocycles. The first-order valence-electron chi connectivity index (χ1n) is 8.33. The van der Waals surface area contributed by atoms with E-state index in [1.807, 2.05) is 0 Å². The molecular weight excluding hydrogens is 329 g/mol. The van der Waals surface area contributed by atoms with Gasteiger partial charge in [0.05, 0.1) is 17.8 Å². The normalized spacial score (nSPS) is 15.5. The summed E-state index contributed by atoms with van der Waals surface area (Å²) in [6.07, 6.45) is 5.59. The van der Waals surface area contributed by atoms with E-state index in [2.05, 4.69) is 10.4 Å². The standard InChI is InChI=1S/C18H21ClFN3O/c1-12-16(18(24)21-15-5-3-2-4-6-15)17(19)23(22-12)11-13-7-9-14(20)10-8-13/h7-10,15H,2-6,11H2,1H3,(H,21,24). The third kappa shape index (κ3) is 3.78. The van der Waals surface area contributed by atoms with E-state index in [0.29, 0.717) is 23.0 Å². The van der Waals surface area contributed by atoms with Crippen molar-refractivity contribution in [3.05, 3.63) is 52.1 Å². The third-order valence-electron chi connectivity index (χ3n) is 4.48. The Balaban J connectivity index is 1.75. The summed E-state index contributed by atoms with van der Waals surface area (Å²) in [6.45, 7) is 2.18. The molecule has 1 aliphatic carbocycles. The number of amides is 1. The molecule has 128 valence electrons. The van der Waals surface area contributed by atoms with Gasteiger partial charge < -0.3 is 5.32 Å². The van der Waals surface area contributed by atoms with Gasteiger partial charge in [-0.05, 0) is 37.5 Å². The van der Waals surface area contributed by atoms with Crippen LogP contribution in [0.15, 0.2) is 24.3 Å². The van der Waals surface area contributed by atoms with Gasteiger partial charge in [-0.15, -0.1) is 0 Å². The molecule has 0 bridgehead atoms. The number of aromatic nitrogens is 2. The second kappa shape index (κ2) is 7.34. The number of nitrogens with one attached hydrogen (secondary N) is 1. The minimum atomic E-state index is -0.283. The van der Waals surface area contributed by atoms with Gasteiger partial charge in [0, 0.05) is 6.04 Å². The zero-order valence-electron chi connectivity index (χ0n) is 13.7. The summed E-state index contributed by atoms with van der Waals surface area (Å²) < 4.78 is 14.6. The highest BCUT2D eigenvalue weighted by atomic mass is 35.5. The number of rotatable bonds is 4. The van der Waals surface area contributed by atoms with Gasteiger partial charge in [0.15, 0.2) is 0 Å². The SMILES string of the molecule is Cc1nn(Cc2ccc(F)cc2)c(Cl)c1C(=O)NC1CCCCC1. The minimum Gasteiger partial charge on any atom is -0.349 e. The summed E-state index contributed by atoms with van der Waals surface area (Å²) in [5.41, 5.74) is 1.92. The Labute approximate surface area is 146 Å². The molecule has 1 aromatic heterocycles. The summed E-state index contributed by atoms with van der Waals surface area (Å²) in [5, 5.41) is 7.77. The number of benzene rings is 1.